The van der Waals surface area contributed by atoms with Crippen LogP contribution in [0.15, 0.2) is 30.3 Å². The fourth-order valence-corrected chi connectivity index (χ4v) is 2.02. The number of nitrogens with one attached hydrogen (secondary N) is 1. The highest BCUT2D eigenvalue weighted by Gasteiger charge is 2.14. The molecule has 0 bridgehead atoms. The van der Waals surface area contributed by atoms with Crippen LogP contribution in [0.1, 0.15) is 24.1 Å². The Balaban J connectivity index is 2.25. The summed E-state index contributed by atoms with van der Waals surface area (Å²) in [7, 11) is 0. The van der Waals surface area contributed by atoms with Crippen LogP contribution in [-0.2, 0) is 0 Å². The lowest BCUT2D eigenvalue weighted by molar-refractivity contribution is 0.571. The maximum Gasteiger partial charge on any atom is 0.143 e. The fraction of sp³-hybridized carbons (Fsp3) is 0.200. The van der Waals surface area contributed by atoms with E-state index in [0.717, 1.165) is 12.1 Å². The summed E-state index contributed by atoms with van der Waals surface area (Å²) in [6.07, 6.45) is 0. The fourth-order valence-electron chi connectivity index (χ4n) is 1.91. The third-order valence-corrected chi connectivity index (χ3v) is 3.35. The van der Waals surface area contributed by atoms with Crippen molar-refractivity contribution < 1.29 is 13.2 Å². The van der Waals surface area contributed by atoms with E-state index in [9.17, 15) is 13.2 Å². The summed E-state index contributed by atoms with van der Waals surface area (Å²) in [4.78, 5) is 0. The van der Waals surface area contributed by atoms with Gasteiger partial charge < -0.3 is 5.32 Å². The summed E-state index contributed by atoms with van der Waals surface area (Å²) in [6, 6.07) is 5.97. The second-order valence-electron chi connectivity index (χ2n) is 4.62. The zero-order chi connectivity index (χ0) is 14.9. The van der Waals surface area contributed by atoms with Crippen LogP contribution in [0.4, 0.5) is 18.9 Å². The Kier molecular flexibility index (Phi) is 4.23. The van der Waals surface area contributed by atoms with Gasteiger partial charge in [-0.15, -0.1) is 0 Å². The summed E-state index contributed by atoms with van der Waals surface area (Å²) in [5, 5.41) is 2.92. The van der Waals surface area contributed by atoms with E-state index in [1.165, 1.54) is 19.1 Å². The van der Waals surface area contributed by atoms with E-state index in [1.807, 2.05) is 0 Å². The van der Waals surface area contributed by atoms with Gasteiger partial charge in [0.15, 0.2) is 0 Å². The van der Waals surface area contributed by atoms with Gasteiger partial charge in [-0.3, -0.25) is 0 Å². The predicted molar refractivity (Wildman–Crippen MR) is 74.5 cm³/mol. The van der Waals surface area contributed by atoms with Crippen LogP contribution >= 0.6 is 11.6 Å². The predicted octanol–water partition coefficient (Wildman–Crippen LogP) is 5.24. The number of hydrogen-bond acceptors (Lipinski definition) is 1. The minimum atomic E-state index is -0.570. The number of halogens is 4. The molecule has 0 aliphatic carbocycles. The molecule has 2 rings (SSSR count). The maximum absolute atomic E-state index is 13.8. The van der Waals surface area contributed by atoms with Crippen LogP contribution in [0.2, 0.25) is 5.02 Å². The molecular formula is C15H13ClF3N. The van der Waals surface area contributed by atoms with Crippen molar-refractivity contribution in [2.45, 2.75) is 19.9 Å². The first-order valence-electron chi connectivity index (χ1n) is 6.05. The number of anilines is 1. The minimum absolute atomic E-state index is 0.00997. The molecule has 0 aliphatic heterocycles. The third-order valence-electron chi connectivity index (χ3n) is 3.05. The molecule has 1 nitrogen and oxygen atoms in total. The van der Waals surface area contributed by atoms with Crippen LogP contribution in [0.25, 0.3) is 0 Å². The summed E-state index contributed by atoms with van der Waals surface area (Å²) in [5.41, 5.74) is 0.874. The minimum Gasteiger partial charge on any atom is -0.378 e. The van der Waals surface area contributed by atoms with E-state index in [2.05, 4.69) is 5.32 Å². The van der Waals surface area contributed by atoms with Gasteiger partial charge in [-0.25, -0.2) is 13.2 Å². The van der Waals surface area contributed by atoms with Gasteiger partial charge in [-0.05, 0) is 49.7 Å². The highest BCUT2D eigenvalue weighted by molar-refractivity contribution is 6.30. The van der Waals surface area contributed by atoms with Gasteiger partial charge in [0.1, 0.15) is 17.5 Å². The molecule has 0 aromatic heterocycles. The van der Waals surface area contributed by atoms with Crippen molar-refractivity contribution in [2.75, 3.05) is 5.32 Å². The average Bonchev–Trinajstić information content (AvgIpc) is 2.38. The highest BCUT2D eigenvalue weighted by Crippen LogP contribution is 2.26. The summed E-state index contributed by atoms with van der Waals surface area (Å²) < 4.78 is 40.7. The SMILES string of the molecule is Cc1cc(F)c(C(C)Nc2ccc(Cl)c(F)c2)cc1F. The van der Waals surface area contributed by atoms with Gasteiger partial charge in [0.05, 0.1) is 11.1 Å². The lowest BCUT2D eigenvalue weighted by Crippen LogP contribution is -2.09. The number of benzene rings is 2. The Morgan fingerprint density at radius 3 is 2.35 bits per heavy atom. The van der Waals surface area contributed by atoms with Gasteiger partial charge >= 0.3 is 0 Å². The molecule has 0 saturated carbocycles. The van der Waals surface area contributed by atoms with E-state index in [0.29, 0.717) is 5.69 Å². The largest absolute Gasteiger partial charge is 0.378 e. The lowest BCUT2D eigenvalue weighted by Gasteiger charge is -2.17. The van der Waals surface area contributed by atoms with Gasteiger partial charge in [0, 0.05) is 11.3 Å². The van der Waals surface area contributed by atoms with Crippen molar-refractivity contribution >= 4 is 17.3 Å². The van der Waals surface area contributed by atoms with Gasteiger partial charge in [-0.1, -0.05) is 11.6 Å². The zero-order valence-corrected chi connectivity index (χ0v) is 11.7. The van der Waals surface area contributed by atoms with Crippen molar-refractivity contribution in [3.63, 3.8) is 0 Å². The molecule has 2 aromatic carbocycles. The van der Waals surface area contributed by atoms with Gasteiger partial charge in [-0.2, -0.15) is 0 Å². The second-order valence-corrected chi connectivity index (χ2v) is 5.03. The lowest BCUT2D eigenvalue weighted by atomic mass is 10.0. The molecule has 5 heteroatoms. The number of hydrogen-bond donors (Lipinski definition) is 1. The molecule has 0 heterocycles. The van der Waals surface area contributed by atoms with Crippen molar-refractivity contribution in [2.24, 2.45) is 0 Å². The Hall–Kier alpha value is -1.68. The molecule has 0 amide bonds. The normalized spacial score (nSPS) is 12.3. The Bertz CT molecular complexity index is 643. The quantitative estimate of drug-likeness (QED) is 0.817. The third kappa shape index (κ3) is 3.07. The molecule has 0 saturated heterocycles. The van der Waals surface area contributed by atoms with Crippen LogP contribution in [-0.4, -0.2) is 0 Å². The molecular weight excluding hydrogens is 287 g/mol. The number of rotatable bonds is 3. The van der Waals surface area contributed by atoms with Crippen LogP contribution in [0.5, 0.6) is 0 Å². The molecule has 20 heavy (non-hydrogen) atoms. The molecule has 2 aromatic rings. The first-order valence-corrected chi connectivity index (χ1v) is 6.43. The Labute approximate surface area is 120 Å². The van der Waals surface area contributed by atoms with Crippen molar-refractivity contribution in [3.8, 4) is 0 Å². The van der Waals surface area contributed by atoms with Crippen LogP contribution in [0.3, 0.4) is 0 Å². The molecule has 0 aliphatic rings. The number of aryl methyl sites for hydroxylation is 1. The summed E-state index contributed by atoms with van der Waals surface area (Å²) in [5.74, 6) is -1.55. The highest BCUT2D eigenvalue weighted by atomic mass is 35.5. The van der Waals surface area contributed by atoms with Crippen molar-refractivity contribution in [1.29, 1.82) is 0 Å². The van der Waals surface area contributed by atoms with Gasteiger partial charge in [0.25, 0.3) is 0 Å². The smallest absolute Gasteiger partial charge is 0.143 e. The second kappa shape index (κ2) is 5.75. The van der Waals surface area contributed by atoms with Gasteiger partial charge in [0.2, 0.25) is 0 Å². The van der Waals surface area contributed by atoms with E-state index in [-0.39, 0.29) is 16.1 Å². The summed E-state index contributed by atoms with van der Waals surface area (Å²) >= 11 is 5.59. The van der Waals surface area contributed by atoms with Crippen molar-refractivity contribution in [1.82, 2.24) is 0 Å². The summed E-state index contributed by atoms with van der Waals surface area (Å²) in [6.45, 7) is 3.16. The molecule has 1 atom stereocenters. The van der Waals surface area contributed by atoms with E-state index >= 15 is 0 Å². The molecule has 1 N–H and O–H groups in total. The maximum atomic E-state index is 13.8. The molecule has 0 fully saturated rings. The average molecular weight is 300 g/mol. The Morgan fingerprint density at radius 1 is 1.00 bits per heavy atom. The van der Waals surface area contributed by atoms with Crippen molar-refractivity contribution in [3.05, 3.63) is 63.9 Å². The molecule has 0 spiro atoms. The first-order chi connectivity index (χ1) is 9.38. The molecule has 1 unspecified atom stereocenters. The topological polar surface area (TPSA) is 12.0 Å². The van der Waals surface area contributed by atoms with E-state index in [4.69, 9.17) is 11.6 Å². The van der Waals surface area contributed by atoms with E-state index in [1.54, 1.807) is 13.0 Å². The first kappa shape index (κ1) is 14.7. The van der Waals surface area contributed by atoms with Crippen LogP contribution < -0.4 is 5.32 Å². The Morgan fingerprint density at radius 2 is 1.70 bits per heavy atom. The van der Waals surface area contributed by atoms with E-state index < -0.39 is 23.5 Å². The standard InChI is InChI=1S/C15H13ClF3N/c1-8-5-14(18)11(7-13(8)17)9(2)20-10-3-4-12(16)15(19)6-10/h3-7,9,20H,1-2H3. The monoisotopic (exact) mass is 299 g/mol. The molecule has 0 radical (unpaired) electrons. The van der Waals surface area contributed by atoms with Crippen LogP contribution in [0, 0.1) is 24.4 Å². The zero-order valence-electron chi connectivity index (χ0n) is 11.0. The molecule has 106 valence electrons.